The van der Waals surface area contributed by atoms with E-state index in [2.05, 4.69) is 0 Å². The van der Waals surface area contributed by atoms with Crippen molar-refractivity contribution in [3.05, 3.63) is 10.1 Å². The molecule has 0 aliphatic rings. The van der Waals surface area contributed by atoms with E-state index in [-0.39, 0.29) is 6.42 Å². The van der Waals surface area contributed by atoms with Crippen LogP contribution in [0.3, 0.4) is 0 Å². The molecule has 70 valence electrons. The van der Waals surface area contributed by atoms with Crippen molar-refractivity contribution in [2.24, 2.45) is 5.73 Å². The van der Waals surface area contributed by atoms with Crippen LogP contribution in [0.25, 0.3) is 0 Å². The summed E-state index contributed by atoms with van der Waals surface area (Å²) >= 11 is 0. The van der Waals surface area contributed by atoms with Crippen molar-refractivity contribution in [2.75, 3.05) is 0 Å². The van der Waals surface area contributed by atoms with Gasteiger partial charge in [0.1, 0.15) is 0 Å². The van der Waals surface area contributed by atoms with Crippen LogP contribution in [0.1, 0.15) is 19.8 Å². The SMILES string of the molecule is CCCC(C(N)C(=O)O)[N+](=O)[O-]. The summed E-state index contributed by atoms with van der Waals surface area (Å²) in [6.45, 7) is 1.74. The summed E-state index contributed by atoms with van der Waals surface area (Å²) in [5, 5.41) is 18.7. The fourth-order valence-corrected chi connectivity index (χ4v) is 0.876. The molecule has 0 aliphatic heterocycles. The van der Waals surface area contributed by atoms with Gasteiger partial charge in [0.25, 0.3) is 0 Å². The van der Waals surface area contributed by atoms with Gasteiger partial charge in [-0.3, -0.25) is 14.9 Å². The second-order valence-electron chi connectivity index (χ2n) is 2.51. The first kappa shape index (κ1) is 10.8. The lowest BCUT2D eigenvalue weighted by Gasteiger charge is -2.11. The third-order valence-electron chi connectivity index (χ3n) is 1.55. The third kappa shape index (κ3) is 2.83. The van der Waals surface area contributed by atoms with Gasteiger partial charge in [-0.25, -0.2) is 0 Å². The Kier molecular flexibility index (Phi) is 4.20. The van der Waals surface area contributed by atoms with E-state index in [1.165, 1.54) is 0 Å². The highest BCUT2D eigenvalue weighted by Crippen LogP contribution is 2.04. The van der Waals surface area contributed by atoms with Crippen molar-refractivity contribution < 1.29 is 14.8 Å². The zero-order chi connectivity index (χ0) is 9.72. The molecule has 6 heteroatoms. The summed E-state index contributed by atoms with van der Waals surface area (Å²) in [4.78, 5) is 20.0. The molecule has 0 saturated carbocycles. The van der Waals surface area contributed by atoms with Crippen LogP contribution in [0.5, 0.6) is 0 Å². The van der Waals surface area contributed by atoms with Crippen molar-refractivity contribution in [3.63, 3.8) is 0 Å². The molecule has 2 unspecified atom stereocenters. The number of nitrogens with zero attached hydrogens (tertiary/aromatic N) is 1. The molecule has 0 heterocycles. The minimum Gasteiger partial charge on any atom is -0.480 e. The summed E-state index contributed by atoms with van der Waals surface area (Å²) in [5.74, 6) is -1.33. The van der Waals surface area contributed by atoms with E-state index in [1.807, 2.05) is 0 Å². The first-order valence-corrected chi connectivity index (χ1v) is 3.62. The van der Waals surface area contributed by atoms with E-state index in [0.717, 1.165) is 0 Å². The number of carboxylic acid groups (broad SMARTS) is 1. The van der Waals surface area contributed by atoms with Crippen molar-refractivity contribution in [1.82, 2.24) is 0 Å². The number of nitro groups is 1. The molecule has 0 fully saturated rings. The highest BCUT2D eigenvalue weighted by Gasteiger charge is 2.32. The first-order chi connectivity index (χ1) is 5.50. The van der Waals surface area contributed by atoms with Gasteiger partial charge < -0.3 is 10.8 Å². The van der Waals surface area contributed by atoms with E-state index in [9.17, 15) is 14.9 Å². The van der Waals surface area contributed by atoms with Crippen LogP contribution in [0.2, 0.25) is 0 Å². The monoisotopic (exact) mass is 176 g/mol. The molecule has 0 aromatic heterocycles. The zero-order valence-electron chi connectivity index (χ0n) is 6.77. The quantitative estimate of drug-likeness (QED) is 0.447. The largest absolute Gasteiger partial charge is 0.480 e. The van der Waals surface area contributed by atoms with Crippen LogP contribution in [0, 0.1) is 10.1 Å². The lowest BCUT2D eigenvalue weighted by Crippen LogP contribution is -2.46. The van der Waals surface area contributed by atoms with Gasteiger partial charge in [0.05, 0.1) is 0 Å². The molecular weight excluding hydrogens is 164 g/mol. The minimum absolute atomic E-state index is 0.195. The Morgan fingerprint density at radius 1 is 1.75 bits per heavy atom. The second kappa shape index (κ2) is 4.66. The summed E-state index contributed by atoms with van der Waals surface area (Å²) in [5.41, 5.74) is 5.11. The van der Waals surface area contributed by atoms with Crippen LogP contribution in [0.4, 0.5) is 0 Å². The molecule has 0 amide bonds. The van der Waals surface area contributed by atoms with Crippen LogP contribution in [-0.4, -0.2) is 28.1 Å². The number of aliphatic carboxylic acids is 1. The van der Waals surface area contributed by atoms with Gasteiger partial charge in [0.15, 0.2) is 6.04 Å². The Morgan fingerprint density at radius 3 is 2.50 bits per heavy atom. The molecule has 0 rings (SSSR count). The topological polar surface area (TPSA) is 106 Å². The molecule has 0 aromatic rings. The molecule has 0 saturated heterocycles. The van der Waals surface area contributed by atoms with Gasteiger partial charge in [-0.15, -0.1) is 0 Å². The predicted molar refractivity (Wildman–Crippen MR) is 41.3 cm³/mol. The molecule has 0 aromatic carbocycles. The van der Waals surface area contributed by atoms with Crippen LogP contribution < -0.4 is 5.73 Å². The van der Waals surface area contributed by atoms with E-state index in [0.29, 0.717) is 6.42 Å². The Hall–Kier alpha value is -1.17. The van der Waals surface area contributed by atoms with Crippen molar-refractivity contribution in [1.29, 1.82) is 0 Å². The molecule has 0 radical (unpaired) electrons. The van der Waals surface area contributed by atoms with Crippen LogP contribution >= 0.6 is 0 Å². The van der Waals surface area contributed by atoms with E-state index in [4.69, 9.17) is 10.8 Å². The minimum atomic E-state index is -1.40. The fourth-order valence-electron chi connectivity index (χ4n) is 0.876. The maximum Gasteiger partial charge on any atom is 0.327 e. The molecule has 0 spiro atoms. The Bertz CT molecular complexity index is 182. The number of hydrogen-bond donors (Lipinski definition) is 2. The molecule has 12 heavy (non-hydrogen) atoms. The first-order valence-electron chi connectivity index (χ1n) is 3.62. The van der Waals surface area contributed by atoms with E-state index >= 15 is 0 Å². The molecule has 3 N–H and O–H groups in total. The van der Waals surface area contributed by atoms with Gasteiger partial charge in [-0.05, 0) is 6.42 Å². The third-order valence-corrected chi connectivity index (χ3v) is 1.55. The van der Waals surface area contributed by atoms with Crippen LogP contribution in [0.15, 0.2) is 0 Å². The lowest BCUT2D eigenvalue weighted by molar-refractivity contribution is -0.524. The lowest BCUT2D eigenvalue weighted by atomic mass is 10.1. The smallest absolute Gasteiger partial charge is 0.327 e. The highest BCUT2D eigenvalue weighted by atomic mass is 16.6. The Morgan fingerprint density at radius 2 is 2.25 bits per heavy atom. The molecule has 0 bridgehead atoms. The van der Waals surface area contributed by atoms with E-state index in [1.54, 1.807) is 6.92 Å². The summed E-state index contributed by atoms with van der Waals surface area (Å²) < 4.78 is 0. The molecule has 6 nitrogen and oxygen atoms in total. The number of carbonyl (C=O) groups is 1. The van der Waals surface area contributed by atoms with Gasteiger partial charge in [0, 0.05) is 11.3 Å². The van der Waals surface area contributed by atoms with Crippen LogP contribution in [-0.2, 0) is 4.79 Å². The van der Waals surface area contributed by atoms with Crippen molar-refractivity contribution >= 4 is 5.97 Å². The average molecular weight is 176 g/mol. The van der Waals surface area contributed by atoms with Crippen molar-refractivity contribution in [3.8, 4) is 0 Å². The fraction of sp³-hybridized carbons (Fsp3) is 0.833. The molecule has 2 atom stereocenters. The summed E-state index contributed by atoms with van der Waals surface area (Å²) in [6, 6.07) is -2.58. The summed E-state index contributed by atoms with van der Waals surface area (Å²) in [6.07, 6.45) is 0.743. The molecule has 0 aliphatic carbocycles. The van der Waals surface area contributed by atoms with Gasteiger partial charge in [0.2, 0.25) is 6.04 Å². The summed E-state index contributed by atoms with van der Waals surface area (Å²) in [7, 11) is 0. The maximum absolute atomic E-state index is 10.3. The Labute approximate surface area is 69.5 Å². The highest BCUT2D eigenvalue weighted by molar-refractivity contribution is 5.73. The predicted octanol–water partition coefficient (Wildman–Crippen LogP) is -0.156. The number of nitrogens with two attached hydrogens (primary N) is 1. The zero-order valence-corrected chi connectivity index (χ0v) is 6.77. The maximum atomic E-state index is 10.3. The Balaban J connectivity index is 4.28. The normalized spacial score (nSPS) is 15.2. The van der Waals surface area contributed by atoms with Gasteiger partial charge >= 0.3 is 5.97 Å². The number of carboxylic acids is 1. The molecular formula is C6H12N2O4. The van der Waals surface area contributed by atoms with Gasteiger partial charge in [-0.2, -0.15) is 0 Å². The van der Waals surface area contributed by atoms with Gasteiger partial charge in [-0.1, -0.05) is 6.92 Å². The second-order valence-corrected chi connectivity index (χ2v) is 2.51. The standard InChI is InChI=1S/C6H12N2O4/c1-2-3-4(8(11)12)5(7)6(9)10/h4-5H,2-3,7H2,1H3,(H,9,10). The number of rotatable bonds is 5. The van der Waals surface area contributed by atoms with E-state index < -0.39 is 23.0 Å². The average Bonchev–Trinajstić information content (AvgIpc) is 1.98. The van der Waals surface area contributed by atoms with Crippen molar-refractivity contribution in [2.45, 2.75) is 31.8 Å². The number of hydrogen-bond acceptors (Lipinski definition) is 4.